The largest absolute Gasteiger partial charge is 0.353 e. The van der Waals surface area contributed by atoms with E-state index in [-0.39, 0.29) is 5.91 Å². The molecule has 0 N–H and O–H groups in total. The first-order valence-corrected chi connectivity index (χ1v) is 10.5. The Kier molecular flexibility index (Phi) is 5.59. The molecule has 0 aliphatic carbocycles. The molecule has 1 aliphatic rings. The Hall–Kier alpha value is -2.44. The van der Waals surface area contributed by atoms with Crippen molar-refractivity contribution in [3.63, 3.8) is 0 Å². The minimum atomic E-state index is 0.157. The van der Waals surface area contributed by atoms with E-state index in [1.165, 1.54) is 0 Å². The van der Waals surface area contributed by atoms with Gasteiger partial charge in [-0.05, 0) is 36.8 Å². The number of pyridine rings is 1. The maximum Gasteiger partial charge on any atom is 0.227 e. The van der Waals surface area contributed by atoms with Crippen molar-refractivity contribution in [2.75, 3.05) is 31.1 Å². The van der Waals surface area contributed by atoms with Gasteiger partial charge in [0.25, 0.3) is 0 Å². The van der Waals surface area contributed by atoms with Gasteiger partial charge in [0.1, 0.15) is 10.8 Å². The maximum absolute atomic E-state index is 12.6. The van der Waals surface area contributed by atoms with Crippen molar-refractivity contribution in [3.8, 4) is 10.6 Å². The van der Waals surface area contributed by atoms with E-state index >= 15 is 0 Å². The predicted octanol–water partition coefficient (Wildman–Crippen LogP) is 4.06. The summed E-state index contributed by atoms with van der Waals surface area (Å²) in [6.07, 6.45) is 2.29. The molecule has 1 fully saturated rings. The quantitative estimate of drug-likeness (QED) is 0.648. The van der Waals surface area contributed by atoms with E-state index in [4.69, 9.17) is 11.6 Å². The third-order valence-corrected chi connectivity index (χ3v) is 6.10. The molecule has 0 radical (unpaired) electrons. The van der Waals surface area contributed by atoms with E-state index in [1.807, 2.05) is 53.7 Å². The van der Waals surface area contributed by atoms with Crippen molar-refractivity contribution in [3.05, 3.63) is 64.3 Å². The van der Waals surface area contributed by atoms with Crippen LogP contribution < -0.4 is 4.90 Å². The molecule has 5 nitrogen and oxygen atoms in total. The lowest BCUT2D eigenvalue weighted by Crippen LogP contribution is -2.49. The highest BCUT2D eigenvalue weighted by atomic mass is 35.5. The third kappa shape index (κ3) is 4.34. The molecule has 3 aromatic rings. The number of hydrogen-bond acceptors (Lipinski definition) is 5. The lowest BCUT2D eigenvalue weighted by atomic mass is 10.1. The van der Waals surface area contributed by atoms with Crippen LogP contribution in [-0.2, 0) is 11.2 Å². The second kappa shape index (κ2) is 8.29. The summed E-state index contributed by atoms with van der Waals surface area (Å²) in [5.41, 5.74) is 3.06. The number of aryl methyl sites for hydroxylation is 1. The summed E-state index contributed by atoms with van der Waals surface area (Å²) in [6, 6.07) is 11.6. The molecule has 3 heterocycles. The van der Waals surface area contributed by atoms with Crippen molar-refractivity contribution in [1.29, 1.82) is 0 Å². The van der Waals surface area contributed by atoms with Crippen molar-refractivity contribution in [2.45, 2.75) is 13.3 Å². The van der Waals surface area contributed by atoms with Gasteiger partial charge >= 0.3 is 0 Å². The Labute approximate surface area is 173 Å². The molecule has 1 aliphatic heterocycles. The van der Waals surface area contributed by atoms with Gasteiger partial charge in [-0.1, -0.05) is 23.7 Å². The van der Waals surface area contributed by atoms with Gasteiger partial charge in [-0.15, -0.1) is 11.3 Å². The van der Waals surface area contributed by atoms with Gasteiger partial charge in [-0.3, -0.25) is 4.79 Å². The highest BCUT2D eigenvalue weighted by Crippen LogP contribution is 2.24. The number of nitrogens with zero attached hydrogens (tertiary/aromatic N) is 4. The van der Waals surface area contributed by atoms with Gasteiger partial charge in [-0.2, -0.15) is 0 Å². The highest BCUT2D eigenvalue weighted by Gasteiger charge is 2.22. The lowest BCUT2D eigenvalue weighted by Gasteiger charge is -2.35. The monoisotopic (exact) mass is 412 g/mol. The van der Waals surface area contributed by atoms with Crippen LogP contribution in [0.15, 0.2) is 48.0 Å². The van der Waals surface area contributed by atoms with E-state index in [0.29, 0.717) is 24.5 Å². The molecule has 1 amide bonds. The minimum Gasteiger partial charge on any atom is -0.353 e. The Morgan fingerprint density at radius 2 is 1.86 bits per heavy atom. The van der Waals surface area contributed by atoms with Gasteiger partial charge in [0.05, 0.1) is 6.42 Å². The van der Waals surface area contributed by atoms with Crippen LogP contribution in [0.1, 0.15) is 11.3 Å². The standard InChI is InChI=1S/C21H21ClN4OS/c1-15-14-28-21(24-15)17-4-7-19(23-13-17)25-8-10-26(11-9-25)20(27)12-16-2-5-18(22)6-3-16/h2-7,13-14H,8-12H2,1H3. The van der Waals surface area contributed by atoms with Crippen LogP contribution >= 0.6 is 22.9 Å². The zero-order valence-corrected chi connectivity index (χ0v) is 17.2. The van der Waals surface area contributed by atoms with Gasteiger partial charge in [0, 0.05) is 54.0 Å². The number of carbonyl (C=O) groups excluding carboxylic acids is 1. The summed E-state index contributed by atoms with van der Waals surface area (Å²) < 4.78 is 0. The molecule has 0 bridgehead atoms. The molecule has 0 saturated carbocycles. The summed E-state index contributed by atoms with van der Waals surface area (Å²) in [7, 11) is 0. The topological polar surface area (TPSA) is 49.3 Å². The molecule has 4 rings (SSSR count). The fourth-order valence-electron chi connectivity index (χ4n) is 3.26. The first-order valence-electron chi connectivity index (χ1n) is 9.24. The average Bonchev–Trinajstić information content (AvgIpc) is 3.16. The van der Waals surface area contributed by atoms with Crippen molar-refractivity contribution >= 4 is 34.7 Å². The summed E-state index contributed by atoms with van der Waals surface area (Å²) in [4.78, 5) is 25.8. The van der Waals surface area contributed by atoms with E-state index in [9.17, 15) is 4.79 Å². The van der Waals surface area contributed by atoms with Gasteiger partial charge in [0.2, 0.25) is 5.91 Å². The second-order valence-corrected chi connectivity index (χ2v) is 8.16. The van der Waals surface area contributed by atoms with Crippen LogP contribution in [0.3, 0.4) is 0 Å². The predicted molar refractivity (Wildman–Crippen MR) is 114 cm³/mol. The zero-order valence-electron chi connectivity index (χ0n) is 15.6. The van der Waals surface area contributed by atoms with E-state index in [1.54, 1.807) is 11.3 Å². The fraction of sp³-hybridized carbons (Fsp3) is 0.286. The summed E-state index contributed by atoms with van der Waals surface area (Å²) in [5.74, 6) is 1.10. The van der Waals surface area contributed by atoms with Crippen molar-refractivity contribution < 1.29 is 4.79 Å². The summed E-state index contributed by atoms with van der Waals surface area (Å²) >= 11 is 7.54. The molecule has 2 aromatic heterocycles. The van der Waals surface area contributed by atoms with Crippen molar-refractivity contribution in [1.82, 2.24) is 14.9 Å². The number of aromatic nitrogens is 2. The van der Waals surface area contributed by atoms with Crippen molar-refractivity contribution in [2.24, 2.45) is 0 Å². The molecule has 7 heteroatoms. The third-order valence-electron chi connectivity index (χ3n) is 4.84. The Morgan fingerprint density at radius 3 is 2.46 bits per heavy atom. The van der Waals surface area contributed by atoms with Crippen LogP contribution in [0.25, 0.3) is 10.6 Å². The molecule has 1 aromatic carbocycles. The Balaban J connectivity index is 1.33. The van der Waals surface area contributed by atoms with Gasteiger partial charge in [-0.25, -0.2) is 9.97 Å². The molecule has 0 spiro atoms. The Morgan fingerprint density at radius 1 is 1.11 bits per heavy atom. The molecule has 0 unspecified atom stereocenters. The van der Waals surface area contributed by atoms with Crippen LogP contribution in [0.5, 0.6) is 0 Å². The van der Waals surface area contributed by atoms with E-state index < -0.39 is 0 Å². The van der Waals surface area contributed by atoms with Gasteiger partial charge in [0.15, 0.2) is 0 Å². The first kappa shape index (κ1) is 18.9. The fourth-order valence-corrected chi connectivity index (χ4v) is 4.17. The number of amides is 1. The zero-order chi connectivity index (χ0) is 19.5. The molecule has 1 saturated heterocycles. The molecule has 144 valence electrons. The lowest BCUT2D eigenvalue weighted by molar-refractivity contribution is -0.130. The number of halogens is 1. The van der Waals surface area contributed by atoms with Crippen LogP contribution in [-0.4, -0.2) is 47.0 Å². The Bertz CT molecular complexity index is 947. The minimum absolute atomic E-state index is 0.157. The first-order chi connectivity index (χ1) is 13.6. The number of carbonyl (C=O) groups is 1. The number of thiazole rings is 1. The van der Waals surface area contributed by atoms with E-state index in [0.717, 1.165) is 40.7 Å². The molecular weight excluding hydrogens is 392 g/mol. The number of hydrogen-bond donors (Lipinski definition) is 0. The number of benzene rings is 1. The SMILES string of the molecule is Cc1csc(-c2ccc(N3CCN(C(=O)Cc4ccc(Cl)cc4)CC3)nc2)n1. The molecule has 28 heavy (non-hydrogen) atoms. The highest BCUT2D eigenvalue weighted by molar-refractivity contribution is 7.13. The maximum atomic E-state index is 12.6. The van der Waals surface area contributed by atoms with Gasteiger partial charge < -0.3 is 9.80 Å². The molecular formula is C21H21ClN4OS. The summed E-state index contributed by atoms with van der Waals surface area (Å²) in [6.45, 7) is 4.99. The molecule has 0 atom stereocenters. The number of anilines is 1. The van der Waals surface area contributed by atoms with Crippen LogP contribution in [0, 0.1) is 6.92 Å². The second-order valence-electron chi connectivity index (χ2n) is 6.87. The number of piperazine rings is 1. The van der Waals surface area contributed by atoms with Crippen LogP contribution in [0.2, 0.25) is 5.02 Å². The van der Waals surface area contributed by atoms with E-state index in [2.05, 4.69) is 20.9 Å². The summed E-state index contributed by atoms with van der Waals surface area (Å²) in [5, 5.41) is 3.73. The normalized spacial score (nSPS) is 14.4. The smallest absolute Gasteiger partial charge is 0.227 e. The average molecular weight is 413 g/mol. The number of rotatable bonds is 4. The van der Waals surface area contributed by atoms with Crippen LogP contribution in [0.4, 0.5) is 5.82 Å².